The highest BCUT2D eigenvalue weighted by Gasteiger charge is 2.23. The van der Waals surface area contributed by atoms with Crippen molar-refractivity contribution in [3.8, 4) is 0 Å². The van der Waals surface area contributed by atoms with Crippen molar-refractivity contribution >= 4 is 27.3 Å². The molecule has 0 saturated carbocycles. The maximum atomic E-state index is 12.5. The van der Waals surface area contributed by atoms with Crippen molar-refractivity contribution in [3.05, 3.63) is 17.0 Å². The van der Waals surface area contributed by atoms with Crippen molar-refractivity contribution in [1.29, 1.82) is 0 Å². The molecule has 1 aromatic heterocycles. The van der Waals surface area contributed by atoms with E-state index < -0.39 is 10.0 Å². The summed E-state index contributed by atoms with van der Waals surface area (Å²) in [5, 5.41) is 0. The molecule has 0 radical (unpaired) electrons. The summed E-state index contributed by atoms with van der Waals surface area (Å²) in [6.07, 6.45) is 4.33. The molecule has 1 aromatic rings. The molecule has 0 bridgehead atoms. The lowest BCUT2D eigenvalue weighted by atomic mass is 10.1. The summed E-state index contributed by atoms with van der Waals surface area (Å²) in [5.74, 6) is 0.613. The number of likely N-dealkylation sites (tertiary alicyclic amines) is 1. The molecule has 8 heteroatoms. The monoisotopic (exact) mass is 372 g/mol. The molecule has 1 fully saturated rings. The van der Waals surface area contributed by atoms with Crippen LogP contribution in [0.25, 0.3) is 0 Å². The molecule has 1 aliphatic heterocycles. The van der Waals surface area contributed by atoms with E-state index in [1.807, 2.05) is 19.9 Å². The third-order valence-electron chi connectivity index (χ3n) is 4.25. The quantitative estimate of drug-likeness (QED) is 0.587. The van der Waals surface area contributed by atoms with Gasteiger partial charge in [-0.2, -0.15) is 4.31 Å². The number of hydrogen-bond donors (Lipinski definition) is 1. The van der Waals surface area contributed by atoms with Crippen LogP contribution in [0.2, 0.25) is 0 Å². The first-order valence-corrected chi connectivity index (χ1v) is 10.9. The minimum atomic E-state index is -3.36. The van der Waals surface area contributed by atoms with Gasteiger partial charge < -0.3 is 10.6 Å². The molecule has 0 aromatic carbocycles. The molecule has 0 amide bonds. The van der Waals surface area contributed by atoms with Crippen molar-refractivity contribution in [2.75, 3.05) is 32.7 Å². The van der Waals surface area contributed by atoms with E-state index in [0.717, 1.165) is 18.0 Å². The summed E-state index contributed by atoms with van der Waals surface area (Å²) in [6, 6.07) is 3.58. The molecule has 1 aliphatic rings. The predicted octanol–water partition coefficient (Wildman–Crippen LogP) is 2.12. The first-order chi connectivity index (χ1) is 11.5. The number of nitrogens with zero attached hydrogens (tertiary/aromatic N) is 3. The average molecular weight is 373 g/mol. The normalized spacial score (nSPS) is 16.8. The highest BCUT2D eigenvalue weighted by atomic mass is 32.2. The van der Waals surface area contributed by atoms with E-state index in [-0.39, 0.29) is 0 Å². The second-order valence-electron chi connectivity index (χ2n) is 5.85. The fourth-order valence-electron chi connectivity index (χ4n) is 2.83. The van der Waals surface area contributed by atoms with Crippen LogP contribution in [0.1, 0.15) is 38.0 Å². The Hall–Kier alpha value is -1.12. The first kappa shape index (κ1) is 19.2. The standard InChI is InChI=1S/C16H28N4O2S2/c1-3-20(4-2)24(21,22)15-9-8-14(23-15)10-11-18-16(17)19-12-6-5-7-13-19/h8-9H,3-7,10-13H2,1-2H3,(H2,17,18). The molecular weight excluding hydrogens is 344 g/mol. The Bertz CT molecular complexity index is 645. The summed E-state index contributed by atoms with van der Waals surface area (Å²) in [7, 11) is -3.36. The Labute approximate surface area is 149 Å². The molecule has 2 heterocycles. The summed E-state index contributed by atoms with van der Waals surface area (Å²) in [4.78, 5) is 7.61. The Morgan fingerprint density at radius 3 is 2.54 bits per heavy atom. The summed E-state index contributed by atoms with van der Waals surface area (Å²) in [5.41, 5.74) is 6.04. The van der Waals surface area contributed by atoms with E-state index in [2.05, 4.69) is 9.89 Å². The number of sulfonamides is 1. The minimum Gasteiger partial charge on any atom is -0.370 e. The van der Waals surface area contributed by atoms with Crippen LogP contribution in [-0.2, 0) is 16.4 Å². The average Bonchev–Trinajstić information content (AvgIpc) is 3.06. The van der Waals surface area contributed by atoms with Gasteiger partial charge in [0.25, 0.3) is 10.0 Å². The lowest BCUT2D eigenvalue weighted by molar-refractivity contribution is 0.338. The molecule has 0 unspecified atom stereocenters. The molecule has 6 nitrogen and oxygen atoms in total. The van der Waals surface area contributed by atoms with Gasteiger partial charge in [-0.25, -0.2) is 8.42 Å². The molecule has 2 N–H and O–H groups in total. The maximum absolute atomic E-state index is 12.5. The SMILES string of the molecule is CCN(CC)S(=O)(=O)c1ccc(CCN=C(N)N2CCCCC2)s1. The van der Waals surface area contributed by atoms with E-state index in [9.17, 15) is 8.42 Å². The van der Waals surface area contributed by atoms with Gasteiger partial charge in [0.2, 0.25) is 0 Å². The van der Waals surface area contributed by atoms with Crippen LogP contribution in [0.4, 0.5) is 0 Å². The van der Waals surface area contributed by atoms with E-state index in [1.54, 1.807) is 6.07 Å². The Morgan fingerprint density at radius 1 is 1.25 bits per heavy atom. The highest BCUT2D eigenvalue weighted by molar-refractivity contribution is 7.91. The molecule has 1 saturated heterocycles. The van der Waals surface area contributed by atoms with Crippen LogP contribution in [0, 0.1) is 0 Å². The van der Waals surface area contributed by atoms with Gasteiger partial charge in [-0.05, 0) is 31.4 Å². The van der Waals surface area contributed by atoms with Crippen molar-refractivity contribution < 1.29 is 8.42 Å². The zero-order valence-electron chi connectivity index (χ0n) is 14.6. The highest BCUT2D eigenvalue weighted by Crippen LogP contribution is 2.25. The predicted molar refractivity (Wildman–Crippen MR) is 100 cm³/mol. The van der Waals surface area contributed by atoms with Crippen LogP contribution in [0.15, 0.2) is 21.3 Å². The third kappa shape index (κ3) is 4.70. The molecule has 2 rings (SSSR count). The fourth-order valence-corrected chi connectivity index (χ4v) is 5.78. The lowest BCUT2D eigenvalue weighted by Crippen LogP contribution is -2.41. The number of nitrogens with two attached hydrogens (primary N) is 1. The number of hydrogen-bond acceptors (Lipinski definition) is 4. The van der Waals surface area contributed by atoms with Crippen molar-refractivity contribution in [2.24, 2.45) is 10.7 Å². The van der Waals surface area contributed by atoms with Gasteiger partial charge in [0.05, 0.1) is 0 Å². The third-order valence-corrected chi connectivity index (χ3v) is 7.91. The van der Waals surface area contributed by atoms with Crippen LogP contribution < -0.4 is 5.73 Å². The van der Waals surface area contributed by atoms with Gasteiger partial charge in [0.15, 0.2) is 5.96 Å². The minimum absolute atomic E-state index is 0.411. The van der Waals surface area contributed by atoms with Crippen LogP contribution >= 0.6 is 11.3 Å². The zero-order valence-corrected chi connectivity index (χ0v) is 16.2. The molecule has 136 valence electrons. The van der Waals surface area contributed by atoms with Crippen molar-refractivity contribution in [3.63, 3.8) is 0 Å². The van der Waals surface area contributed by atoms with Crippen molar-refractivity contribution in [1.82, 2.24) is 9.21 Å². The maximum Gasteiger partial charge on any atom is 0.252 e. The zero-order chi connectivity index (χ0) is 17.6. The summed E-state index contributed by atoms with van der Waals surface area (Å²) in [6.45, 7) is 7.25. The largest absolute Gasteiger partial charge is 0.370 e. The summed E-state index contributed by atoms with van der Waals surface area (Å²) < 4.78 is 26.8. The molecular formula is C16H28N4O2S2. The second-order valence-corrected chi connectivity index (χ2v) is 9.18. The second kappa shape index (κ2) is 8.82. The van der Waals surface area contributed by atoms with E-state index in [4.69, 9.17) is 5.73 Å². The van der Waals surface area contributed by atoms with Gasteiger partial charge in [-0.1, -0.05) is 13.8 Å². The lowest BCUT2D eigenvalue weighted by Gasteiger charge is -2.27. The van der Waals surface area contributed by atoms with Gasteiger partial charge >= 0.3 is 0 Å². The summed E-state index contributed by atoms with van der Waals surface area (Å²) >= 11 is 1.33. The van der Waals surface area contributed by atoms with Gasteiger partial charge in [-0.3, -0.25) is 4.99 Å². The smallest absolute Gasteiger partial charge is 0.252 e. The Morgan fingerprint density at radius 2 is 1.92 bits per heavy atom. The Balaban J connectivity index is 1.94. The topological polar surface area (TPSA) is 79.0 Å². The first-order valence-electron chi connectivity index (χ1n) is 8.62. The molecule has 0 atom stereocenters. The van der Waals surface area contributed by atoms with Crippen LogP contribution in [0.3, 0.4) is 0 Å². The van der Waals surface area contributed by atoms with Crippen LogP contribution in [-0.4, -0.2) is 56.3 Å². The molecule has 0 spiro atoms. The number of aliphatic imine (C=N–C) groups is 1. The molecule has 0 aliphatic carbocycles. The van der Waals surface area contributed by atoms with Gasteiger partial charge in [0, 0.05) is 44.0 Å². The van der Waals surface area contributed by atoms with Crippen molar-refractivity contribution in [2.45, 2.75) is 43.7 Å². The number of thiophene rings is 1. The number of piperidine rings is 1. The van der Waals surface area contributed by atoms with Crippen LogP contribution in [0.5, 0.6) is 0 Å². The molecule has 24 heavy (non-hydrogen) atoms. The van der Waals surface area contributed by atoms with Gasteiger partial charge in [0.1, 0.15) is 4.21 Å². The van der Waals surface area contributed by atoms with E-state index >= 15 is 0 Å². The number of guanidine groups is 1. The van der Waals surface area contributed by atoms with E-state index in [1.165, 1.54) is 34.9 Å². The van der Waals surface area contributed by atoms with Gasteiger partial charge in [-0.15, -0.1) is 11.3 Å². The number of rotatable bonds is 7. The Kier molecular flexibility index (Phi) is 7.06. The fraction of sp³-hybridized carbons (Fsp3) is 0.688. The van der Waals surface area contributed by atoms with E-state index in [0.29, 0.717) is 36.2 Å².